The van der Waals surface area contributed by atoms with Crippen molar-refractivity contribution in [3.63, 3.8) is 0 Å². The first kappa shape index (κ1) is 19.3. The van der Waals surface area contributed by atoms with Gasteiger partial charge in [0.2, 0.25) is 0 Å². The third-order valence-electron chi connectivity index (χ3n) is 3.93. The number of hydrogen-bond donors (Lipinski definition) is 0. The van der Waals surface area contributed by atoms with Gasteiger partial charge in [0.25, 0.3) is 27.4 Å². The van der Waals surface area contributed by atoms with Crippen molar-refractivity contribution in [1.82, 2.24) is 4.31 Å². The minimum atomic E-state index is -4.16. The zero-order valence-corrected chi connectivity index (χ0v) is 15.0. The third-order valence-corrected chi connectivity index (χ3v) is 5.73. The van der Waals surface area contributed by atoms with E-state index in [-0.39, 0.29) is 23.8 Å². The van der Waals surface area contributed by atoms with E-state index in [2.05, 4.69) is 0 Å². The summed E-state index contributed by atoms with van der Waals surface area (Å²) in [6.07, 6.45) is 0.304. The van der Waals surface area contributed by atoms with E-state index < -0.39 is 32.7 Å². The zero-order chi connectivity index (χ0) is 18.8. The molecular weight excluding hydrogens is 352 g/mol. The van der Waals surface area contributed by atoms with Gasteiger partial charge in [0, 0.05) is 25.3 Å². The summed E-state index contributed by atoms with van der Waals surface area (Å²) in [5.74, 6) is -2.40. The van der Waals surface area contributed by atoms with Crippen LogP contribution in [0.5, 0.6) is 0 Å². The first-order chi connectivity index (χ1) is 11.8. The van der Waals surface area contributed by atoms with Gasteiger partial charge in [-0.25, -0.2) is 12.7 Å². The van der Waals surface area contributed by atoms with Gasteiger partial charge in [0.15, 0.2) is 0 Å². The van der Waals surface area contributed by atoms with E-state index in [4.69, 9.17) is 9.47 Å². The smallest absolute Gasteiger partial charge is 0.299 e. The Morgan fingerprint density at radius 1 is 1.16 bits per heavy atom. The number of amides is 1. The Morgan fingerprint density at radius 2 is 1.68 bits per heavy atom. The van der Waals surface area contributed by atoms with Gasteiger partial charge in [-0.2, -0.15) is 0 Å². The molecule has 0 saturated carbocycles. The van der Waals surface area contributed by atoms with Crippen molar-refractivity contribution < 1.29 is 27.6 Å². The number of hydrogen-bond acceptors (Lipinski definition) is 7. The topological polar surface area (TPSA) is 116 Å². The monoisotopic (exact) mass is 372 g/mol. The van der Waals surface area contributed by atoms with Gasteiger partial charge >= 0.3 is 0 Å². The van der Waals surface area contributed by atoms with E-state index in [1.165, 1.54) is 0 Å². The molecule has 10 heteroatoms. The molecule has 0 bridgehead atoms. The number of benzene rings is 1. The van der Waals surface area contributed by atoms with Crippen LogP contribution in [0, 0.1) is 10.1 Å². The molecule has 0 N–H and O–H groups in total. The first-order valence-corrected chi connectivity index (χ1v) is 9.31. The van der Waals surface area contributed by atoms with Gasteiger partial charge in [-0.15, -0.1) is 0 Å². The van der Waals surface area contributed by atoms with Crippen LogP contribution in [-0.4, -0.2) is 48.6 Å². The molecular formula is C15H20N2O7S. The van der Waals surface area contributed by atoms with Crippen molar-refractivity contribution >= 4 is 21.6 Å². The van der Waals surface area contributed by atoms with Crippen LogP contribution in [0.25, 0.3) is 0 Å². The van der Waals surface area contributed by atoms with E-state index in [9.17, 15) is 23.3 Å². The van der Waals surface area contributed by atoms with Crippen molar-refractivity contribution in [2.75, 3.05) is 13.2 Å². The summed E-state index contributed by atoms with van der Waals surface area (Å²) in [6.45, 7) is 5.48. The summed E-state index contributed by atoms with van der Waals surface area (Å²) in [7, 11) is -4.16. The first-order valence-electron chi connectivity index (χ1n) is 7.87. The molecule has 1 heterocycles. The van der Waals surface area contributed by atoms with Crippen LogP contribution < -0.4 is 0 Å². The molecule has 0 aliphatic carbocycles. The maximum absolute atomic E-state index is 12.8. The number of carbonyl (C=O) groups excluding carboxylic acids is 1. The Kier molecular flexibility index (Phi) is 5.45. The van der Waals surface area contributed by atoms with Gasteiger partial charge in [-0.3, -0.25) is 14.9 Å². The molecule has 1 aromatic rings. The molecule has 1 fully saturated rings. The Bertz CT molecular complexity index is 755. The molecule has 0 radical (unpaired) electrons. The molecule has 0 aromatic heterocycles. The van der Waals surface area contributed by atoms with Crippen LogP contribution >= 0.6 is 0 Å². The van der Waals surface area contributed by atoms with E-state index in [1.807, 2.05) is 0 Å². The fourth-order valence-corrected chi connectivity index (χ4v) is 4.55. The highest BCUT2D eigenvalue weighted by Gasteiger charge is 2.66. The second kappa shape index (κ2) is 7.06. The summed E-state index contributed by atoms with van der Waals surface area (Å²) >= 11 is 0. The van der Waals surface area contributed by atoms with Crippen molar-refractivity contribution in [3.8, 4) is 0 Å². The predicted molar refractivity (Wildman–Crippen MR) is 87.2 cm³/mol. The van der Waals surface area contributed by atoms with Gasteiger partial charge in [0.05, 0.1) is 9.82 Å². The van der Waals surface area contributed by atoms with Gasteiger partial charge in [0.1, 0.15) is 6.04 Å². The quantitative estimate of drug-likeness (QED) is 0.295. The summed E-state index contributed by atoms with van der Waals surface area (Å²) in [5, 5.41) is 10.7. The second-order valence-electron chi connectivity index (χ2n) is 5.31. The fourth-order valence-electron chi connectivity index (χ4n) is 2.88. The number of carbonyl (C=O) groups is 1. The lowest BCUT2D eigenvalue weighted by Crippen LogP contribution is -2.76. The lowest BCUT2D eigenvalue weighted by Gasteiger charge is -2.52. The number of non-ortho nitro benzene ring substituents is 1. The fraction of sp³-hybridized carbons (Fsp3) is 0.533. The zero-order valence-electron chi connectivity index (χ0n) is 14.2. The van der Waals surface area contributed by atoms with Crippen molar-refractivity contribution in [2.45, 2.75) is 43.9 Å². The summed E-state index contributed by atoms with van der Waals surface area (Å²) in [5.41, 5.74) is -0.237. The highest BCUT2D eigenvalue weighted by atomic mass is 32.2. The van der Waals surface area contributed by atoms with E-state index in [0.29, 0.717) is 6.42 Å². The third kappa shape index (κ3) is 3.00. The van der Waals surface area contributed by atoms with Gasteiger partial charge in [-0.1, -0.05) is 6.92 Å². The van der Waals surface area contributed by atoms with Crippen LogP contribution in [0.15, 0.2) is 29.2 Å². The Hall–Kier alpha value is -2.04. The minimum absolute atomic E-state index is 0.188. The number of sulfonamides is 1. The summed E-state index contributed by atoms with van der Waals surface area (Å²) in [4.78, 5) is 22.5. The highest BCUT2D eigenvalue weighted by Crippen LogP contribution is 2.41. The molecule has 9 nitrogen and oxygen atoms in total. The molecule has 138 valence electrons. The molecule has 0 spiro atoms. The van der Waals surface area contributed by atoms with Crippen molar-refractivity contribution in [1.29, 1.82) is 0 Å². The average molecular weight is 372 g/mol. The summed E-state index contributed by atoms with van der Waals surface area (Å²) < 4.78 is 37.3. The van der Waals surface area contributed by atoms with Crippen LogP contribution in [0.4, 0.5) is 5.69 Å². The molecule has 1 aliphatic rings. The molecule has 2 rings (SSSR count). The standard InChI is InChI=1S/C15H20N2O7S/c1-4-13-15(23-5-2,24-6-3)14(18)16(13)25(21,22)12-9-7-11(8-10-12)17(19)20/h7-10,13H,4-6H2,1-3H3. The molecule has 1 amide bonds. The number of nitro groups is 1. The van der Waals surface area contributed by atoms with Crippen molar-refractivity contribution in [2.24, 2.45) is 0 Å². The Morgan fingerprint density at radius 3 is 2.08 bits per heavy atom. The lowest BCUT2D eigenvalue weighted by atomic mass is 9.94. The Labute approximate surface area is 145 Å². The SMILES string of the molecule is CCOC1(OCC)C(=O)N(S(=O)(=O)c2ccc([N+](=O)[O-])cc2)C1CC. The van der Waals surface area contributed by atoms with Crippen LogP contribution in [0.3, 0.4) is 0 Å². The number of β-lactam (4-membered cyclic amide) rings is 1. The predicted octanol–water partition coefficient (Wildman–Crippen LogP) is 1.67. The maximum Gasteiger partial charge on any atom is 0.299 e. The normalized spacial score (nSPS) is 19.6. The Balaban J connectivity index is 2.39. The van der Waals surface area contributed by atoms with Gasteiger partial charge in [-0.05, 0) is 32.4 Å². The second-order valence-corrected chi connectivity index (χ2v) is 7.13. The van der Waals surface area contributed by atoms with E-state index >= 15 is 0 Å². The molecule has 1 saturated heterocycles. The van der Waals surface area contributed by atoms with Crippen LogP contribution in [0.1, 0.15) is 27.2 Å². The number of nitro benzene ring substituents is 1. The largest absolute Gasteiger partial charge is 0.341 e. The molecule has 1 aliphatic heterocycles. The molecule has 25 heavy (non-hydrogen) atoms. The molecule has 1 atom stereocenters. The van der Waals surface area contributed by atoms with Crippen molar-refractivity contribution in [3.05, 3.63) is 34.4 Å². The summed E-state index contributed by atoms with van der Waals surface area (Å²) in [6, 6.07) is 3.57. The molecule has 1 aromatic carbocycles. The number of rotatable bonds is 8. The van der Waals surface area contributed by atoms with Crippen LogP contribution in [-0.2, 0) is 24.3 Å². The number of nitrogens with zero attached hydrogens (tertiary/aromatic N) is 2. The maximum atomic E-state index is 12.8. The van der Waals surface area contributed by atoms with E-state index in [1.54, 1.807) is 20.8 Å². The molecule has 1 unspecified atom stereocenters. The van der Waals surface area contributed by atoms with E-state index in [0.717, 1.165) is 28.6 Å². The number of ether oxygens (including phenoxy) is 2. The lowest BCUT2D eigenvalue weighted by molar-refractivity contribution is -0.384. The van der Waals surface area contributed by atoms with Gasteiger partial charge < -0.3 is 9.47 Å². The highest BCUT2D eigenvalue weighted by molar-refractivity contribution is 7.89. The average Bonchev–Trinajstić information content (AvgIpc) is 2.58. The minimum Gasteiger partial charge on any atom is -0.341 e. The van der Waals surface area contributed by atoms with Crippen LogP contribution in [0.2, 0.25) is 0 Å².